The number of hydrogen-bond donors (Lipinski definition) is 1. The van der Waals surface area contributed by atoms with Gasteiger partial charge in [0.25, 0.3) is 0 Å². The zero-order valence-electron chi connectivity index (χ0n) is 22.8. The first-order chi connectivity index (χ1) is 19.1. The molecule has 3 aromatic rings. The van der Waals surface area contributed by atoms with E-state index in [2.05, 4.69) is 20.1 Å². The predicted molar refractivity (Wildman–Crippen MR) is 147 cm³/mol. The molecule has 1 aromatic carbocycles. The summed E-state index contributed by atoms with van der Waals surface area (Å²) in [6, 6.07) is 4.89. The number of halogens is 1. The fourth-order valence-electron chi connectivity index (χ4n) is 4.95. The van der Waals surface area contributed by atoms with Crippen LogP contribution >= 0.6 is 11.6 Å². The van der Waals surface area contributed by atoms with Crippen molar-refractivity contribution in [1.29, 1.82) is 0 Å². The van der Waals surface area contributed by atoms with Crippen LogP contribution < -0.4 is 15.2 Å². The van der Waals surface area contributed by atoms with Gasteiger partial charge in [-0.2, -0.15) is 0 Å². The van der Waals surface area contributed by atoms with Crippen molar-refractivity contribution in [2.75, 3.05) is 32.8 Å². The van der Waals surface area contributed by atoms with Gasteiger partial charge in [0.15, 0.2) is 17.2 Å². The Balaban J connectivity index is 1.27. The second kappa shape index (κ2) is 11.5. The number of phenolic OH excluding ortho intramolecular Hbond substituents is 1. The maximum Gasteiger partial charge on any atom is 0.410 e. The van der Waals surface area contributed by atoms with Crippen molar-refractivity contribution in [1.82, 2.24) is 29.5 Å². The first-order valence-corrected chi connectivity index (χ1v) is 13.7. The van der Waals surface area contributed by atoms with Gasteiger partial charge in [-0.15, -0.1) is 5.10 Å². The van der Waals surface area contributed by atoms with E-state index in [-0.39, 0.29) is 28.9 Å². The third-order valence-electron chi connectivity index (χ3n) is 6.91. The number of ether oxygens (including phenoxy) is 3. The summed E-state index contributed by atoms with van der Waals surface area (Å²) >= 11 is 6.08. The zero-order valence-corrected chi connectivity index (χ0v) is 23.6. The fraction of sp³-hybridized carbons (Fsp3) is 0.519. The van der Waals surface area contributed by atoms with Crippen LogP contribution in [0.3, 0.4) is 0 Å². The molecular formula is C27H33ClN6O6. The molecule has 4 heterocycles. The van der Waals surface area contributed by atoms with E-state index in [0.717, 1.165) is 0 Å². The molecule has 1 saturated heterocycles. The highest BCUT2D eigenvalue weighted by atomic mass is 35.5. The molecule has 214 valence electrons. The summed E-state index contributed by atoms with van der Waals surface area (Å²) in [5.74, 6) is 1.03. The number of pyridine rings is 1. The topological polar surface area (TPSA) is 132 Å². The van der Waals surface area contributed by atoms with Crippen LogP contribution in [0.25, 0.3) is 11.0 Å². The number of amides is 1. The second-order valence-electron chi connectivity index (χ2n) is 10.9. The lowest BCUT2D eigenvalue weighted by molar-refractivity contribution is 0.00529. The van der Waals surface area contributed by atoms with Crippen LogP contribution in [0.5, 0.6) is 17.2 Å². The van der Waals surface area contributed by atoms with E-state index in [9.17, 15) is 14.7 Å². The Morgan fingerprint density at radius 2 is 1.88 bits per heavy atom. The molecule has 2 aliphatic heterocycles. The molecule has 1 fully saturated rings. The van der Waals surface area contributed by atoms with E-state index in [0.29, 0.717) is 74.9 Å². The lowest BCUT2D eigenvalue weighted by Crippen LogP contribution is -2.49. The van der Waals surface area contributed by atoms with Crippen molar-refractivity contribution in [2.45, 2.75) is 58.3 Å². The molecule has 0 radical (unpaired) electrons. The SMILES string of the molecule is CC(C)(C)OC(=O)N(Cc1cc2c(cn1)OCCO2)C1CCN(CCn2c(=O)nnc3ccc(Cl)c(O)c32)CC1. The Bertz CT molecular complexity index is 1450. The van der Waals surface area contributed by atoms with E-state index in [1.54, 1.807) is 17.2 Å². The molecule has 0 saturated carbocycles. The number of aromatic nitrogens is 4. The molecule has 2 aliphatic rings. The van der Waals surface area contributed by atoms with Gasteiger partial charge in [0, 0.05) is 38.3 Å². The Morgan fingerprint density at radius 1 is 1.15 bits per heavy atom. The Morgan fingerprint density at radius 3 is 2.60 bits per heavy atom. The molecule has 2 aromatic heterocycles. The van der Waals surface area contributed by atoms with Crippen LogP contribution in [0.4, 0.5) is 4.79 Å². The van der Waals surface area contributed by atoms with Crippen molar-refractivity contribution in [2.24, 2.45) is 0 Å². The highest BCUT2D eigenvalue weighted by Gasteiger charge is 2.32. The minimum atomic E-state index is -0.640. The number of piperidine rings is 1. The average Bonchev–Trinajstić information content (AvgIpc) is 2.92. The monoisotopic (exact) mass is 572 g/mol. The highest BCUT2D eigenvalue weighted by Crippen LogP contribution is 2.32. The molecule has 0 bridgehead atoms. The molecular weight excluding hydrogens is 540 g/mol. The van der Waals surface area contributed by atoms with E-state index >= 15 is 0 Å². The summed E-state index contributed by atoms with van der Waals surface area (Å²) < 4.78 is 18.4. The van der Waals surface area contributed by atoms with Gasteiger partial charge >= 0.3 is 11.8 Å². The molecule has 5 rings (SSSR count). The van der Waals surface area contributed by atoms with Gasteiger partial charge in [-0.3, -0.25) is 14.5 Å². The Hall–Kier alpha value is -3.64. The summed E-state index contributed by atoms with van der Waals surface area (Å²) in [5.41, 5.74) is 0.154. The minimum absolute atomic E-state index is 0.0601. The Kier molecular flexibility index (Phi) is 7.99. The van der Waals surface area contributed by atoms with Gasteiger partial charge in [0.2, 0.25) is 0 Å². The normalized spacial score (nSPS) is 16.2. The fourth-order valence-corrected chi connectivity index (χ4v) is 5.11. The van der Waals surface area contributed by atoms with Crippen LogP contribution in [-0.4, -0.2) is 85.2 Å². The third kappa shape index (κ3) is 6.23. The van der Waals surface area contributed by atoms with E-state index in [1.807, 2.05) is 26.8 Å². The summed E-state index contributed by atoms with van der Waals surface area (Å²) in [6.45, 7) is 9.03. The average molecular weight is 573 g/mol. The summed E-state index contributed by atoms with van der Waals surface area (Å²) in [4.78, 5) is 34.2. The maximum atomic E-state index is 13.3. The molecule has 1 N–H and O–H groups in total. The molecule has 0 unspecified atom stereocenters. The van der Waals surface area contributed by atoms with Crippen molar-refractivity contribution in [3.05, 3.63) is 45.6 Å². The van der Waals surface area contributed by atoms with Gasteiger partial charge < -0.3 is 24.2 Å². The van der Waals surface area contributed by atoms with Gasteiger partial charge in [-0.1, -0.05) is 16.7 Å². The van der Waals surface area contributed by atoms with Gasteiger partial charge in [-0.05, 0) is 45.7 Å². The Labute approximate surface area is 236 Å². The number of hydrogen-bond acceptors (Lipinski definition) is 10. The molecule has 13 heteroatoms. The highest BCUT2D eigenvalue weighted by molar-refractivity contribution is 6.33. The number of carbonyl (C=O) groups excluding carboxylic acids is 1. The van der Waals surface area contributed by atoms with Crippen LogP contribution in [0.15, 0.2) is 29.2 Å². The summed E-state index contributed by atoms with van der Waals surface area (Å²) in [5, 5.41) is 18.2. The smallest absolute Gasteiger partial charge is 0.410 e. The van der Waals surface area contributed by atoms with Crippen molar-refractivity contribution < 1.29 is 24.1 Å². The number of nitrogens with zero attached hydrogens (tertiary/aromatic N) is 6. The maximum absolute atomic E-state index is 13.3. The molecule has 0 aliphatic carbocycles. The van der Waals surface area contributed by atoms with Gasteiger partial charge in [0.1, 0.15) is 29.8 Å². The van der Waals surface area contributed by atoms with Crippen LogP contribution in [0, 0.1) is 0 Å². The minimum Gasteiger partial charge on any atom is -0.504 e. The number of benzene rings is 1. The number of carbonyl (C=O) groups is 1. The van der Waals surface area contributed by atoms with Crippen LogP contribution in [-0.2, 0) is 17.8 Å². The number of phenols is 1. The number of fused-ring (bicyclic) bond motifs is 2. The number of rotatable bonds is 6. The van der Waals surface area contributed by atoms with E-state index < -0.39 is 17.4 Å². The van der Waals surface area contributed by atoms with Crippen molar-refractivity contribution in [3.8, 4) is 17.2 Å². The molecule has 12 nitrogen and oxygen atoms in total. The quantitative estimate of drug-likeness (QED) is 0.469. The first-order valence-electron chi connectivity index (χ1n) is 13.3. The second-order valence-corrected chi connectivity index (χ2v) is 11.3. The van der Waals surface area contributed by atoms with Crippen LogP contribution in [0.1, 0.15) is 39.3 Å². The first kappa shape index (κ1) is 27.9. The third-order valence-corrected chi connectivity index (χ3v) is 7.21. The molecule has 40 heavy (non-hydrogen) atoms. The van der Waals surface area contributed by atoms with E-state index in [1.165, 1.54) is 10.6 Å². The summed E-state index contributed by atoms with van der Waals surface area (Å²) in [7, 11) is 0. The van der Waals surface area contributed by atoms with Crippen LogP contribution in [0.2, 0.25) is 5.02 Å². The van der Waals surface area contributed by atoms with Gasteiger partial charge in [-0.25, -0.2) is 9.59 Å². The molecule has 0 atom stereocenters. The number of aromatic hydroxyl groups is 1. The predicted octanol–water partition coefficient (Wildman–Crippen LogP) is 3.22. The van der Waals surface area contributed by atoms with Crippen molar-refractivity contribution >= 4 is 28.7 Å². The lowest BCUT2D eigenvalue weighted by Gasteiger charge is -2.39. The summed E-state index contributed by atoms with van der Waals surface area (Å²) in [6.07, 6.45) is 2.66. The standard InChI is InChI=1S/C27H33ClN6O6/c1-27(2,3)40-26(37)34(16-17-14-21-22(15-29-17)39-13-12-38-21)18-6-8-32(9-7-18)10-11-33-23-20(30-31-25(33)36)5-4-19(28)24(23)35/h4-5,14-15,18,35H,6-13,16H2,1-3H3. The number of likely N-dealkylation sites (tertiary alicyclic amines) is 1. The van der Waals surface area contributed by atoms with Crippen molar-refractivity contribution in [3.63, 3.8) is 0 Å². The van der Waals surface area contributed by atoms with Gasteiger partial charge in [0.05, 0.1) is 23.5 Å². The molecule has 1 amide bonds. The van der Waals surface area contributed by atoms with E-state index in [4.69, 9.17) is 25.8 Å². The zero-order chi connectivity index (χ0) is 28.4. The largest absolute Gasteiger partial charge is 0.504 e. The lowest BCUT2D eigenvalue weighted by atomic mass is 10.0. The molecule has 0 spiro atoms.